The van der Waals surface area contributed by atoms with Crippen molar-refractivity contribution in [2.75, 3.05) is 54.5 Å². The monoisotopic (exact) mass is 557 g/mol. The second-order valence-corrected chi connectivity index (χ2v) is 10.4. The van der Waals surface area contributed by atoms with Gasteiger partial charge in [-0.15, -0.1) is 0 Å². The highest BCUT2D eigenvalue weighted by Crippen LogP contribution is 2.35. The summed E-state index contributed by atoms with van der Waals surface area (Å²) >= 11 is 0. The van der Waals surface area contributed by atoms with E-state index in [9.17, 15) is 9.18 Å². The van der Waals surface area contributed by atoms with E-state index in [2.05, 4.69) is 20.2 Å². The standard InChI is InChI=1S/C31H32FN5O4/c1-20-18-37(19-21(2)40-20)31-33-10-9-29(35-31)41-28-8-7-27(25-5-3-4-6-26(25)28)34-30(38)22-15-23(32)17-24(16-22)36-11-13-39-14-12-36/h3-10,15-17,20-21H,11-14,18-19H2,1-2H3,(H,34,38). The van der Waals surface area contributed by atoms with Gasteiger partial charge < -0.3 is 29.3 Å². The van der Waals surface area contributed by atoms with E-state index < -0.39 is 11.7 Å². The number of hydrogen-bond acceptors (Lipinski definition) is 8. The lowest BCUT2D eigenvalue weighted by Crippen LogP contribution is -2.46. The van der Waals surface area contributed by atoms with Crippen LogP contribution in [0, 0.1) is 5.82 Å². The Balaban J connectivity index is 1.24. The first-order valence-electron chi connectivity index (χ1n) is 13.8. The highest BCUT2D eigenvalue weighted by atomic mass is 19.1. The molecule has 212 valence electrons. The van der Waals surface area contributed by atoms with Gasteiger partial charge in [0.1, 0.15) is 11.6 Å². The number of carbonyl (C=O) groups excluding carboxylic acids is 1. The van der Waals surface area contributed by atoms with Crippen LogP contribution in [0.5, 0.6) is 11.6 Å². The first-order chi connectivity index (χ1) is 19.9. The zero-order valence-corrected chi connectivity index (χ0v) is 23.0. The minimum absolute atomic E-state index is 0.0805. The predicted octanol–water partition coefficient (Wildman–Crippen LogP) is 5.26. The van der Waals surface area contributed by atoms with Gasteiger partial charge in [0.15, 0.2) is 0 Å². The van der Waals surface area contributed by atoms with Crippen LogP contribution >= 0.6 is 0 Å². The number of nitrogens with zero attached hydrogens (tertiary/aromatic N) is 4. The maximum Gasteiger partial charge on any atom is 0.255 e. The number of hydrogen-bond donors (Lipinski definition) is 1. The molecule has 1 aromatic heterocycles. The van der Waals surface area contributed by atoms with E-state index in [1.54, 1.807) is 30.5 Å². The van der Waals surface area contributed by atoms with Crippen molar-refractivity contribution < 1.29 is 23.4 Å². The molecule has 2 fully saturated rings. The Morgan fingerprint density at radius 1 is 0.976 bits per heavy atom. The van der Waals surface area contributed by atoms with E-state index in [0.717, 1.165) is 10.8 Å². The molecule has 3 heterocycles. The van der Waals surface area contributed by atoms with Crippen LogP contribution in [0.4, 0.5) is 21.7 Å². The number of carbonyl (C=O) groups is 1. The van der Waals surface area contributed by atoms with E-state index in [-0.39, 0.29) is 17.8 Å². The molecule has 3 aromatic carbocycles. The Kier molecular flexibility index (Phi) is 7.67. The number of halogens is 1. The van der Waals surface area contributed by atoms with Crippen molar-refractivity contribution >= 4 is 34.0 Å². The van der Waals surface area contributed by atoms with Crippen molar-refractivity contribution in [2.24, 2.45) is 0 Å². The molecule has 4 aromatic rings. The maximum atomic E-state index is 14.5. The molecule has 1 amide bonds. The summed E-state index contributed by atoms with van der Waals surface area (Å²) in [4.78, 5) is 26.5. The van der Waals surface area contributed by atoms with Gasteiger partial charge in [0.2, 0.25) is 11.8 Å². The SMILES string of the molecule is CC1CN(c2nccc(Oc3ccc(NC(=O)c4cc(F)cc(N5CCOCC5)c4)c4ccccc34)n2)CC(C)O1. The van der Waals surface area contributed by atoms with Crippen molar-refractivity contribution in [3.05, 3.63) is 78.2 Å². The summed E-state index contributed by atoms with van der Waals surface area (Å²) in [5.74, 6) is 0.737. The van der Waals surface area contributed by atoms with Crippen molar-refractivity contribution in [1.82, 2.24) is 9.97 Å². The van der Waals surface area contributed by atoms with Gasteiger partial charge in [0, 0.05) is 66.2 Å². The Morgan fingerprint density at radius 3 is 2.51 bits per heavy atom. The zero-order chi connectivity index (χ0) is 28.3. The molecule has 0 bridgehead atoms. The molecule has 9 nitrogen and oxygen atoms in total. The van der Waals surface area contributed by atoms with Gasteiger partial charge in [0.25, 0.3) is 5.91 Å². The van der Waals surface area contributed by atoms with E-state index in [1.165, 1.54) is 12.1 Å². The predicted molar refractivity (Wildman–Crippen MR) is 156 cm³/mol. The van der Waals surface area contributed by atoms with Crippen LogP contribution < -0.4 is 19.9 Å². The Morgan fingerprint density at radius 2 is 1.73 bits per heavy atom. The normalized spacial score (nSPS) is 19.3. The fourth-order valence-corrected chi connectivity index (χ4v) is 5.37. The second kappa shape index (κ2) is 11.7. The largest absolute Gasteiger partial charge is 0.438 e. The van der Waals surface area contributed by atoms with Crippen LogP contribution in [0.1, 0.15) is 24.2 Å². The first-order valence-corrected chi connectivity index (χ1v) is 13.8. The second-order valence-electron chi connectivity index (χ2n) is 10.4. The van der Waals surface area contributed by atoms with Crippen LogP contribution in [0.2, 0.25) is 0 Å². The van der Waals surface area contributed by atoms with Crippen molar-refractivity contribution in [3.8, 4) is 11.6 Å². The molecule has 2 aliphatic rings. The highest BCUT2D eigenvalue weighted by molar-refractivity contribution is 6.10. The Bertz CT molecular complexity index is 1550. The van der Waals surface area contributed by atoms with E-state index >= 15 is 0 Å². The van der Waals surface area contributed by atoms with E-state index in [1.807, 2.05) is 43.0 Å². The molecule has 1 N–H and O–H groups in total. The zero-order valence-electron chi connectivity index (χ0n) is 23.0. The van der Waals surface area contributed by atoms with Crippen molar-refractivity contribution in [2.45, 2.75) is 26.1 Å². The van der Waals surface area contributed by atoms with Gasteiger partial charge in [-0.3, -0.25) is 4.79 Å². The summed E-state index contributed by atoms with van der Waals surface area (Å²) in [6.45, 7) is 7.90. The summed E-state index contributed by atoms with van der Waals surface area (Å²) in [5, 5.41) is 4.55. The van der Waals surface area contributed by atoms with Gasteiger partial charge in [0.05, 0.1) is 25.4 Å². The number of morpholine rings is 2. The van der Waals surface area contributed by atoms with Crippen LogP contribution in [-0.2, 0) is 9.47 Å². The van der Waals surface area contributed by atoms with Crippen LogP contribution in [0.3, 0.4) is 0 Å². The molecule has 2 atom stereocenters. The molecular weight excluding hydrogens is 525 g/mol. The third-order valence-corrected chi connectivity index (χ3v) is 7.19. The fraction of sp³-hybridized carbons (Fsp3) is 0.323. The minimum atomic E-state index is -0.460. The molecular formula is C31H32FN5O4. The van der Waals surface area contributed by atoms with Gasteiger partial charge in [-0.25, -0.2) is 9.37 Å². The average Bonchev–Trinajstić information content (AvgIpc) is 2.98. The Hall–Kier alpha value is -4.28. The molecule has 2 saturated heterocycles. The molecule has 0 radical (unpaired) electrons. The third kappa shape index (κ3) is 6.08. The van der Waals surface area contributed by atoms with Gasteiger partial charge in [-0.1, -0.05) is 24.3 Å². The Labute approximate surface area is 237 Å². The molecule has 10 heteroatoms. The number of nitrogens with one attached hydrogen (secondary N) is 1. The maximum absolute atomic E-state index is 14.5. The highest BCUT2D eigenvalue weighted by Gasteiger charge is 2.24. The summed E-state index contributed by atoms with van der Waals surface area (Å²) in [6, 6.07) is 17.3. The summed E-state index contributed by atoms with van der Waals surface area (Å²) in [7, 11) is 0. The van der Waals surface area contributed by atoms with Crippen molar-refractivity contribution in [3.63, 3.8) is 0 Å². The van der Waals surface area contributed by atoms with Gasteiger partial charge >= 0.3 is 0 Å². The lowest BCUT2D eigenvalue weighted by atomic mass is 10.1. The lowest BCUT2D eigenvalue weighted by molar-refractivity contribution is -0.00575. The molecule has 2 aliphatic heterocycles. The number of amides is 1. The summed E-state index contributed by atoms with van der Waals surface area (Å²) < 4.78 is 32.0. The van der Waals surface area contributed by atoms with Gasteiger partial charge in [-0.2, -0.15) is 4.98 Å². The number of rotatable bonds is 6. The average molecular weight is 558 g/mol. The van der Waals surface area contributed by atoms with Crippen molar-refractivity contribution in [1.29, 1.82) is 0 Å². The van der Waals surface area contributed by atoms with E-state index in [4.69, 9.17) is 14.2 Å². The number of benzene rings is 3. The fourth-order valence-electron chi connectivity index (χ4n) is 5.37. The molecule has 41 heavy (non-hydrogen) atoms. The third-order valence-electron chi connectivity index (χ3n) is 7.19. The minimum Gasteiger partial charge on any atom is -0.438 e. The van der Waals surface area contributed by atoms with Crippen LogP contribution in [0.15, 0.2) is 66.9 Å². The van der Waals surface area contributed by atoms with Crippen LogP contribution in [-0.4, -0.2) is 67.5 Å². The molecule has 2 unspecified atom stereocenters. The quantitative estimate of drug-likeness (QED) is 0.343. The molecule has 0 spiro atoms. The molecule has 6 rings (SSSR count). The number of anilines is 3. The summed E-state index contributed by atoms with van der Waals surface area (Å²) in [6.07, 6.45) is 1.84. The lowest BCUT2D eigenvalue weighted by Gasteiger charge is -2.35. The number of aromatic nitrogens is 2. The summed E-state index contributed by atoms with van der Waals surface area (Å²) in [5.41, 5.74) is 1.50. The molecule has 0 aliphatic carbocycles. The van der Waals surface area contributed by atoms with Crippen LogP contribution in [0.25, 0.3) is 10.8 Å². The number of ether oxygens (including phenoxy) is 3. The number of fused-ring (bicyclic) bond motifs is 1. The van der Waals surface area contributed by atoms with E-state index in [0.29, 0.717) is 68.3 Å². The van der Waals surface area contributed by atoms with Gasteiger partial charge in [-0.05, 0) is 44.2 Å². The smallest absolute Gasteiger partial charge is 0.255 e. The first kappa shape index (κ1) is 26.9. The topological polar surface area (TPSA) is 89.1 Å². The molecule has 0 saturated carbocycles.